The van der Waals surface area contributed by atoms with Crippen molar-refractivity contribution in [3.8, 4) is 5.75 Å². The van der Waals surface area contributed by atoms with Gasteiger partial charge in [-0.25, -0.2) is 4.98 Å². The van der Waals surface area contributed by atoms with E-state index in [0.29, 0.717) is 29.4 Å². The Hall–Kier alpha value is -2.53. The molecule has 2 aromatic carbocycles. The molecule has 0 aliphatic rings. The Labute approximate surface area is 170 Å². The van der Waals surface area contributed by atoms with Crippen LogP contribution in [0, 0.1) is 0 Å². The number of aromatic nitrogens is 2. The van der Waals surface area contributed by atoms with Crippen molar-refractivity contribution in [3.05, 3.63) is 58.9 Å². The molecule has 3 aromatic rings. The SMILES string of the molecule is CCCCN(Cc1nc2ccccc2n1CC)C(=O)c1cccc(OC)c1Cl. The predicted octanol–water partition coefficient (Wildman–Crippen LogP) is 5.16. The van der Waals surface area contributed by atoms with Crippen molar-refractivity contribution >= 4 is 28.5 Å². The minimum Gasteiger partial charge on any atom is -0.495 e. The van der Waals surface area contributed by atoms with Crippen LogP contribution >= 0.6 is 11.6 Å². The third kappa shape index (κ3) is 3.99. The summed E-state index contributed by atoms with van der Waals surface area (Å²) in [7, 11) is 1.55. The zero-order valence-electron chi connectivity index (χ0n) is 16.6. The van der Waals surface area contributed by atoms with Crippen molar-refractivity contribution in [1.29, 1.82) is 0 Å². The number of hydrogen-bond donors (Lipinski definition) is 0. The number of unbranched alkanes of at least 4 members (excludes halogenated alkanes) is 1. The van der Waals surface area contributed by atoms with Crippen molar-refractivity contribution in [2.45, 2.75) is 39.8 Å². The number of fused-ring (bicyclic) bond motifs is 1. The average Bonchev–Trinajstić information content (AvgIpc) is 3.07. The van der Waals surface area contributed by atoms with Crippen molar-refractivity contribution in [2.24, 2.45) is 0 Å². The highest BCUT2D eigenvalue weighted by Gasteiger charge is 2.22. The highest BCUT2D eigenvalue weighted by Crippen LogP contribution is 2.29. The number of halogens is 1. The summed E-state index contributed by atoms with van der Waals surface area (Å²) in [4.78, 5) is 19.9. The molecule has 0 spiro atoms. The molecular weight excluding hydrogens is 374 g/mol. The zero-order chi connectivity index (χ0) is 20.1. The number of benzene rings is 2. The van der Waals surface area contributed by atoms with Gasteiger partial charge in [0.1, 0.15) is 11.6 Å². The minimum absolute atomic E-state index is 0.105. The Morgan fingerprint density at radius 2 is 1.96 bits per heavy atom. The Kier molecular flexibility index (Phi) is 6.57. The Bertz CT molecular complexity index is 968. The van der Waals surface area contributed by atoms with E-state index in [1.165, 1.54) is 0 Å². The molecule has 0 unspecified atom stereocenters. The zero-order valence-corrected chi connectivity index (χ0v) is 17.4. The molecule has 0 aliphatic carbocycles. The number of ether oxygens (including phenoxy) is 1. The number of nitrogens with zero attached hydrogens (tertiary/aromatic N) is 3. The minimum atomic E-state index is -0.105. The standard InChI is InChI=1S/C22H26ClN3O2/c1-4-6-14-25(22(27)16-10-9-13-19(28-3)21(16)23)15-20-24-17-11-7-8-12-18(17)26(20)5-2/h7-13H,4-6,14-15H2,1-3H3. The third-order valence-electron chi connectivity index (χ3n) is 4.86. The van der Waals surface area contributed by atoms with Gasteiger partial charge in [-0.15, -0.1) is 0 Å². The van der Waals surface area contributed by atoms with Crippen molar-refractivity contribution < 1.29 is 9.53 Å². The van der Waals surface area contributed by atoms with Gasteiger partial charge in [-0.2, -0.15) is 0 Å². The monoisotopic (exact) mass is 399 g/mol. The third-order valence-corrected chi connectivity index (χ3v) is 5.25. The van der Waals surface area contributed by atoms with Gasteiger partial charge in [0.25, 0.3) is 5.91 Å². The van der Waals surface area contributed by atoms with Gasteiger partial charge in [0.15, 0.2) is 0 Å². The number of amides is 1. The van der Waals surface area contributed by atoms with Crippen LogP contribution in [0.15, 0.2) is 42.5 Å². The lowest BCUT2D eigenvalue weighted by atomic mass is 10.1. The summed E-state index contributed by atoms with van der Waals surface area (Å²) in [6.07, 6.45) is 1.92. The van der Waals surface area contributed by atoms with Crippen LogP contribution in [0.3, 0.4) is 0 Å². The van der Waals surface area contributed by atoms with Gasteiger partial charge in [-0.1, -0.05) is 43.1 Å². The first-order chi connectivity index (χ1) is 13.6. The molecule has 0 saturated carbocycles. The van der Waals surface area contributed by atoms with Gasteiger partial charge < -0.3 is 14.2 Å². The van der Waals surface area contributed by atoms with E-state index in [1.807, 2.05) is 23.1 Å². The summed E-state index contributed by atoms with van der Waals surface area (Å²) in [6, 6.07) is 13.3. The second-order valence-corrected chi connectivity index (χ2v) is 7.04. The lowest BCUT2D eigenvalue weighted by Crippen LogP contribution is -2.33. The normalized spacial score (nSPS) is 11.0. The second-order valence-electron chi connectivity index (χ2n) is 6.66. The van der Waals surface area contributed by atoms with Crippen LogP contribution in [-0.2, 0) is 13.1 Å². The largest absolute Gasteiger partial charge is 0.495 e. The van der Waals surface area contributed by atoms with Gasteiger partial charge in [-0.05, 0) is 37.6 Å². The number of methoxy groups -OCH3 is 1. The molecule has 0 aliphatic heterocycles. The maximum Gasteiger partial charge on any atom is 0.255 e. The van der Waals surface area contributed by atoms with Crippen molar-refractivity contribution in [1.82, 2.24) is 14.5 Å². The highest BCUT2D eigenvalue weighted by molar-refractivity contribution is 6.35. The van der Waals surface area contributed by atoms with E-state index in [2.05, 4.69) is 24.5 Å². The van der Waals surface area contributed by atoms with Gasteiger partial charge >= 0.3 is 0 Å². The Morgan fingerprint density at radius 1 is 1.18 bits per heavy atom. The van der Waals surface area contributed by atoms with E-state index < -0.39 is 0 Å². The van der Waals surface area contributed by atoms with E-state index in [4.69, 9.17) is 21.3 Å². The van der Waals surface area contributed by atoms with Crippen LogP contribution in [0.4, 0.5) is 0 Å². The maximum atomic E-state index is 13.3. The quantitative estimate of drug-likeness (QED) is 0.525. The molecule has 0 radical (unpaired) electrons. The van der Waals surface area contributed by atoms with E-state index in [-0.39, 0.29) is 5.91 Å². The fraction of sp³-hybridized carbons (Fsp3) is 0.364. The maximum absolute atomic E-state index is 13.3. The topological polar surface area (TPSA) is 47.4 Å². The first-order valence-electron chi connectivity index (χ1n) is 9.66. The van der Waals surface area contributed by atoms with Gasteiger partial charge in [0.2, 0.25) is 0 Å². The van der Waals surface area contributed by atoms with Crippen LogP contribution in [0.5, 0.6) is 5.75 Å². The molecule has 3 rings (SSSR count). The molecule has 0 N–H and O–H groups in total. The van der Waals surface area contributed by atoms with Gasteiger partial charge in [-0.3, -0.25) is 4.79 Å². The molecule has 0 bridgehead atoms. The van der Waals surface area contributed by atoms with Gasteiger partial charge in [0.05, 0.1) is 35.3 Å². The fourth-order valence-corrected chi connectivity index (χ4v) is 3.66. The van der Waals surface area contributed by atoms with Crippen molar-refractivity contribution in [3.63, 3.8) is 0 Å². The van der Waals surface area contributed by atoms with Crippen molar-refractivity contribution in [2.75, 3.05) is 13.7 Å². The smallest absolute Gasteiger partial charge is 0.255 e. The number of hydrogen-bond acceptors (Lipinski definition) is 3. The molecule has 28 heavy (non-hydrogen) atoms. The number of carbonyl (C=O) groups is 1. The lowest BCUT2D eigenvalue weighted by Gasteiger charge is -2.23. The first kappa shape index (κ1) is 20.2. The summed E-state index contributed by atoms with van der Waals surface area (Å²) in [5.41, 5.74) is 2.49. The van der Waals surface area contributed by atoms with Crippen LogP contribution in [0.1, 0.15) is 42.9 Å². The number of aryl methyl sites for hydroxylation is 1. The predicted molar refractivity (Wildman–Crippen MR) is 113 cm³/mol. The number of carbonyl (C=O) groups excluding carboxylic acids is 1. The summed E-state index contributed by atoms with van der Waals surface area (Å²) >= 11 is 6.41. The summed E-state index contributed by atoms with van der Waals surface area (Å²) in [5, 5.41) is 0.348. The van der Waals surface area contributed by atoms with Crippen LogP contribution in [0.25, 0.3) is 11.0 Å². The molecule has 5 nitrogen and oxygen atoms in total. The highest BCUT2D eigenvalue weighted by atomic mass is 35.5. The second kappa shape index (κ2) is 9.11. The van der Waals surface area contributed by atoms with Crippen LogP contribution in [0.2, 0.25) is 5.02 Å². The molecule has 0 fully saturated rings. The summed E-state index contributed by atoms with van der Waals surface area (Å²) < 4.78 is 7.43. The number of rotatable bonds is 8. The van der Waals surface area contributed by atoms with E-state index >= 15 is 0 Å². The molecule has 1 heterocycles. The fourth-order valence-electron chi connectivity index (χ4n) is 3.38. The van der Waals surface area contributed by atoms with Gasteiger partial charge in [0, 0.05) is 13.1 Å². The number of imidazole rings is 1. The van der Waals surface area contributed by atoms with E-state index in [1.54, 1.807) is 25.3 Å². The Balaban J connectivity index is 1.96. The average molecular weight is 400 g/mol. The molecule has 148 valence electrons. The van der Waals surface area contributed by atoms with E-state index in [0.717, 1.165) is 36.2 Å². The van der Waals surface area contributed by atoms with Crippen LogP contribution < -0.4 is 4.74 Å². The molecule has 0 saturated heterocycles. The molecule has 6 heteroatoms. The Morgan fingerprint density at radius 3 is 2.68 bits per heavy atom. The molecule has 1 amide bonds. The van der Waals surface area contributed by atoms with E-state index in [9.17, 15) is 4.79 Å². The molecule has 0 atom stereocenters. The number of para-hydroxylation sites is 2. The lowest BCUT2D eigenvalue weighted by molar-refractivity contribution is 0.0734. The summed E-state index contributed by atoms with van der Waals surface area (Å²) in [6.45, 7) is 6.09. The summed E-state index contributed by atoms with van der Waals surface area (Å²) in [5.74, 6) is 1.28. The molecular formula is C22H26ClN3O2. The first-order valence-corrected chi connectivity index (χ1v) is 10.0. The molecule has 1 aromatic heterocycles. The van der Waals surface area contributed by atoms with Crippen LogP contribution in [-0.4, -0.2) is 34.0 Å².